The lowest BCUT2D eigenvalue weighted by atomic mass is 9.95. The minimum Gasteiger partial charge on any atom is -0.460 e. The monoisotopic (exact) mass is 408 g/mol. The molecule has 0 aliphatic heterocycles. The molecule has 0 fully saturated rings. The summed E-state index contributed by atoms with van der Waals surface area (Å²) < 4.78 is 89.0. The summed E-state index contributed by atoms with van der Waals surface area (Å²) in [5, 5.41) is 9.00. The number of rotatable bonds is 10. The standard InChI is InChI=1S/C15H18F6O6/c1-4-5-25-7-9(2)12(23)26-8-11(22)27-10(3)6-13(24,14(16,17)18)15(19,20)21/h4,10,24H,1-2,5-8H2,3H3. The minimum atomic E-state index is -6.04. The van der Waals surface area contributed by atoms with E-state index in [-0.39, 0.29) is 18.8 Å². The van der Waals surface area contributed by atoms with E-state index in [0.29, 0.717) is 6.92 Å². The Kier molecular flexibility index (Phi) is 8.99. The van der Waals surface area contributed by atoms with Crippen LogP contribution in [0.1, 0.15) is 13.3 Å². The number of aliphatic hydroxyl groups is 1. The molecule has 0 saturated carbocycles. The predicted molar refractivity (Wildman–Crippen MR) is 78.3 cm³/mol. The van der Waals surface area contributed by atoms with Gasteiger partial charge in [0.25, 0.3) is 5.60 Å². The van der Waals surface area contributed by atoms with Crippen LogP contribution in [0.15, 0.2) is 24.8 Å². The zero-order valence-electron chi connectivity index (χ0n) is 14.2. The molecule has 0 rings (SSSR count). The molecule has 1 unspecified atom stereocenters. The minimum absolute atomic E-state index is 0.104. The van der Waals surface area contributed by atoms with Crippen LogP contribution in [0.2, 0.25) is 0 Å². The summed E-state index contributed by atoms with van der Waals surface area (Å²) in [6.45, 7) is 6.14. The summed E-state index contributed by atoms with van der Waals surface area (Å²) in [4.78, 5) is 22.9. The Morgan fingerprint density at radius 3 is 2.07 bits per heavy atom. The van der Waals surface area contributed by atoms with E-state index in [2.05, 4.69) is 22.6 Å². The Morgan fingerprint density at radius 2 is 1.63 bits per heavy atom. The van der Waals surface area contributed by atoms with Crippen molar-refractivity contribution in [3.63, 3.8) is 0 Å². The molecule has 0 spiro atoms. The summed E-state index contributed by atoms with van der Waals surface area (Å²) in [6.07, 6.45) is -14.7. The van der Waals surface area contributed by atoms with Crippen LogP contribution in [0.25, 0.3) is 0 Å². The molecule has 6 nitrogen and oxygen atoms in total. The van der Waals surface area contributed by atoms with Crippen LogP contribution in [0.5, 0.6) is 0 Å². The van der Waals surface area contributed by atoms with Crippen LogP contribution in [-0.4, -0.2) is 60.9 Å². The fourth-order valence-electron chi connectivity index (χ4n) is 1.66. The van der Waals surface area contributed by atoms with Crippen LogP contribution in [-0.2, 0) is 23.8 Å². The number of carbonyl (C=O) groups is 2. The van der Waals surface area contributed by atoms with Gasteiger partial charge >= 0.3 is 24.3 Å². The summed E-state index contributed by atoms with van der Waals surface area (Å²) in [7, 11) is 0. The fourth-order valence-corrected chi connectivity index (χ4v) is 1.66. The average molecular weight is 408 g/mol. The second-order valence-electron chi connectivity index (χ2n) is 5.34. The Balaban J connectivity index is 4.64. The largest absolute Gasteiger partial charge is 0.460 e. The third-order valence-corrected chi connectivity index (χ3v) is 2.98. The van der Waals surface area contributed by atoms with E-state index < -0.39 is 49.0 Å². The van der Waals surface area contributed by atoms with Gasteiger partial charge in [0.1, 0.15) is 6.10 Å². The Labute approximate surface area is 150 Å². The molecule has 0 radical (unpaired) electrons. The maximum atomic E-state index is 12.6. The molecule has 0 heterocycles. The van der Waals surface area contributed by atoms with Crippen LogP contribution in [0.4, 0.5) is 26.3 Å². The highest BCUT2D eigenvalue weighted by Gasteiger charge is 2.70. The van der Waals surface area contributed by atoms with E-state index >= 15 is 0 Å². The molecule has 0 saturated heterocycles. The Hall–Kier alpha value is -2.08. The zero-order valence-corrected chi connectivity index (χ0v) is 14.2. The van der Waals surface area contributed by atoms with Gasteiger partial charge in [-0.3, -0.25) is 0 Å². The summed E-state index contributed by atoms with van der Waals surface area (Å²) in [6, 6.07) is 0. The van der Waals surface area contributed by atoms with Gasteiger partial charge in [0.05, 0.1) is 18.8 Å². The number of alkyl halides is 6. The third-order valence-electron chi connectivity index (χ3n) is 2.98. The second kappa shape index (κ2) is 9.74. The van der Waals surface area contributed by atoms with Gasteiger partial charge in [-0.05, 0) is 6.92 Å². The molecule has 0 bridgehead atoms. The number of carbonyl (C=O) groups excluding carboxylic acids is 2. The van der Waals surface area contributed by atoms with Gasteiger partial charge in [-0.25, -0.2) is 9.59 Å². The van der Waals surface area contributed by atoms with Crippen LogP contribution < -0.4 is 0 Å². The molecule has 0 aromatic carbocycles. The fraction of sp³-hybridized carbons (Fsp3) is 0.600. The first-order chi connectivity index (χ1) is 12.2. The first-order valence-electron chi connectivity index (χ1n) is 7.24. The molecule has 27 heavy (non-hydrogen) atoms. The number of hydrogen-bond donors (Lipinski definition) is 1. The van der Waals surface area contributed by atoms with E-state index in [1.807, 2.05) is 0 Å². The highest BCUT2D eigenvalue weighted by molar-refractivity contribution is 5.89. The van der Waals surface area contributed by atoms with Gasteiger partial charge in [0, 0.05) is 6.42 Å². The van der Waals surface area contributed by atoms with Crippen molar-refractivity contribution in [1.82, 2.24) is 0 Å². The maximum Gasteiger partial charge on any atom is 0.426 e. The first kappa shape index (κ1) is 24.9. The Bertz CT molecular complexity index is 540. The van der Waals surface area contributed by atoms with Crippen molar-refractivity contribution in [1.29, 1.82) is 0 Å². The molecule has 156 valence electrons. The van der Waals surface area contributed by atoms with Gasteiger partial charge in [-0.15, -0.1) is 6.58 Å². The lowest BCUT2D eigenvalue weighted by molar-refractivity contribution is -0.373. The third kappa shape index (κ3) is 7.59. The second-order valence-corrected chi connectivity index (χ2v) is 5.34. The molecule has 0 aliphatic rings. The van der Waals surface area contributed by atoms with Gasteiger partial charge < -0.3 is 19.3 Å². The van der Waals surface area contributed by atoms with Crippen molar-refractivity contribution in [3.05, 3.63) is 24.8 Å². The van der Waals surface area contributed by atoms with Crippen LogP contribution in [0, 0.1) is 0 Å². The number of esters is 2. The van der Waals surface area contributed by atoms with E-state index in [1.54, 1.807) is 0 Å². The van der Waals surface area contributed by atoms with Crippen LogP contribution in [0.3, 0.4) is 0 Å². The summed E-state index contributed by atoms with van der Waals surface area (Å²) in [5.41, 5.74) is -5.26. The molecule has 0 aromatic heterocycles. The SMILES string of the molecule is C=CCOCC(=C)C(=O)OCC(=O)OC(C)CC(O)(C(F)(F)F)C(F)(F)F. The zero-order chi connectivity index (χ0) is 21.5. The van der Waals surface area contributed by atoms with Crippen molar-refractivity contribution in [2.24, 2.45) is 0 Å². The van der Waals surface area contributed by atoms with Crippen molar-refractivity contribution in [2.75, 3.05) is 19.8 Å². The van der Waals surface area contributed by atoms with Gasteiger partial charge in [0.15, 0.2) is 6.61 Å². The topological polar surface area (TPSA) is 82.1 Å². The van der Waals surface area contributed by atoms with Gasteiger partial charge in [0.2, 0.25) is 0 Å². The molecule has 0 aliphatic carbocycles. The molecule has 0 amide bonds. The Morgan fingerprint density at radius 1 is 1.11 bits per heavy atom. The highest BCUT2D eigenvalue weighted by atomic mass is 19.4. The highest BCUT2D eigenvalue weighted by Crippen LogP contribution is 2.46. The number of hydrogen-bond acceptors (Lipinski definition) is 6. The smallest absolute Gasteiger partial charge is 0.426 e. The molecule has 12 heteroatoms. The van der Waals surface area contributed by atoms with Gasteiger partial charge in [-0.2, -0.15) is 26.3 Å². The van der Waals surface area contributed by atoms with Crippen molar-refractivity contribution < 1.29 is 55.2 Å². The van der Waals surface area contributed by atoms with E-state index in [9.17, 15) is 35.9 Å². The van der Waals surface area contributed by atoms with Crippen molar-refractivity contribution in [3.8, 4) is 0 Å². The molecule has 1 atom stereocenters. The van der Waals surface area contributed by atoms with Crippen LogP contribution >= 0.6 is 0 Å². The summed E-state index contributed by atoms with van der Waals surface area (Å²) >= 11 is 0. The quantitative estimate of drug-likeness (QED) is 0.197. The predicted octanol–water partition coefficient (Wildman–Crippen LogP) is 2.47. The lowest BCUT2D eigenvalue weighted by Crippen LogP contribution is -2.58. The molecule has 1 N–H and O–H groups in total. The normalized spacial score (nSPS) is 13.6. The first-order valence-corrected chi connectivity index (χ1v) is 7.24. The van der Waals surface area contributed by atoms with Crippen molar-refractivity contribution >= 4 is 11.9 Å². The maximum absolute atomic E-state index is 12.6. The van der Waals surface area contributed by atoms with Crippen molar-refractivity contribution in [2.45, 2.75) is 37.4 Å². The molecular formula is C15H18F6O6. The lowest BCUT2D eigenvalue weighted by Gasteiger charge is -2.33. The molecular weight excluding hydrogens is 390 g/mol. The van der Waals surface area contributed by atoms with E-state index in [0.717, 1.165) is 0 Å². The number of halogens is 6. The number of ether oxygens (including phenoxy) is 3. The van der Waals surface area contributed by atoms with Gasteiger partial charge in [-0.1, -0.05) is 12.7 Å². The summed E-state index contributed by atoms with van der Waals surface area (Å²) in [5.74, 6) is -2.49. The average Bonchev–Trinajstić information content (AvgIpc) is 2.50. The molecule has 0 aromatic rings. The van der Waals surface area contributed by atoms with E-state index in [1.165, 1.54) is 6.08 Å². The van der Waals surface area contributed by atoms with E-state index in [4.69, 9.17) is 9.84 Å².